The van der Waals surface area contributed by atoms with Crippen LogP contribution >= 0.6 is 0 Å². The standard InChI is InChI=1S/C23H22F7N7O3/c24-19(25)18-13(10-40-35-18)20(38)34-17(12-1-3-22(26,27)4-2-12)14-8-37-16(32-14)5-11(6-31-37)7-36-9-15(23(28,29)30)33-21(36)39/h5-6,8,10,12,15,17,19H,1-4,7,9H2,(H,33,39)(H,34,38)/t15-,17-/m0/s1. The fourth-order valence-electron chi connectivity index (χ4n) is 4.92. The summed E-state index contributed by atoms with van der Waals surface area (Å²) in [6.07, 6.45) is -5.02. The monoisotopic (exact) mass is 577 g/mol. The van der Waals surface area contributed by atoms with Crippen LogP contribution in [0.5, 0.6) is 0 Å². The molecule has 3 amide bonds. The summed E-state index contributed by atoms with van der Waals surface area (Å²) in [5, 5.41) is 11.8. The Morgan fingerprint density at radius 1 is 1.25 bits per heavy atom. The van der Waals surface area contributed by atoms with Crippen LogP contribution < -0.4 is 10.6 Å². The van der Waals surface area contributed by atoms with Gasteiger partial charge in [0.2, 0.25) is 5.92 Å². The van der Waals surface area contributed by atoms with Crippen molar-refractivity contribution in [1.82, 2.24) is 35.3 Å². The summed E-state index contributed by atoms with van der Waals surface area (Å²) in [4.78, 5) is 30.3. The van der Waals surface area contributed by atoms with Gasteiger partial charge in [0.15, 0.2) is 11.3 Å². The van der Waals surface area contributed by atoms with Gasteiger partial charge in [0, 0.05) is 19.4 Å². The second kappa shape index (κ2) is 10.2. The Morgan fingerprint density at radius 2 is 1.98 bits per heavy atom. The van der Waals surface area contributed by atoms with Crippen molar-refractivity contribution < 1.29 is 44.8 Å². The number of carbonyl (C=O) groups is 2. The number of halogens is 7. The number of hydrogen-bond donors (Lipinski definition) is 2. The number of imidazole rings is 1. The van der Waals surface area contributed by atoms with Crippen LogP contribution in [0.3, 0.4) is 0 Å². The number of hydrogen-bond acceptors (Lipinski definition) is 6. The summed E-state index contributed by atoms with van der Waals surface area (Å²) in [5.41, 5.74) is -0.596. The highest BCUT2D eigenvalue weighted by Gasteiger charge is 2.47. The molecular formula is C23H22F7N7O3. The lowest BCUT2D eigenvalue weighted by Crippen LogP contribution is -2.40. The SMILES string of the molecule is O=C(N[C@H](c1cn2ncc(CN3C[C@@H](C(F)(F)F)NC3=O)cc2n1)C1CCC(F)(F)CC1)c1conc1C(F)F. The summed E-state index contributed by atoms with van der Waals surface area (Å²) in [6.45, 7) is -0.775. The molecule has 2 aliphatic rings. The van der Waals surface area contributed by atoms with Crippen LogP contribution in [-0.4, -0.2) is 61.3 Å². The van der Waals surface area contributed by atoms with E-state index in [4.69, 9.17) is 0 Å². The zero-order chi connectivity index (χ0) is 28.8. The lowest BCUT2D eigenvalue weighted by molar-refractivity contribution is -0.149. The summed E-state index contributed by atoms with van der Waals surface area (Å²) < 4.78 is 99.0. The van der Waals surface area contributed by atoms with E-state index in [0.29, 0.717) is 5.56 Å². The maximum atomic E-state index is 13.9. The van der Waals surface area contributed by atoms with Crippen molar-refractivity contribution in [3.8, 4) is 0 Å². The summed E-state index contributed by atoms with van der Waals surface area (Å²) in [7, 11) is 0. The predicted molar refractivity (Wildman–Crippen MR) is 120 cm³/mol. The maximum Gasteiger partial charge on any atom is 0.410 e. The van der Waals surface area contributed by atoms with Crippen molar-refractivity contribution in [1.29, 1.82) is 0 Å². The van der Waals surface area contributed by atoms with Gasteiger partial charge in [0.05, 0.1) is 30.7 Å². The fraction of sp³-hybridized carbons (Fsp3) is 0.522. The molecule has 10 nitrogen and oxygen atoms in total. The second-order valence-corrected chi connectivity index (χ2v) is 9.82. The average molecular weight is 577 g/mol. The van der Waals surface area contributed by atoms with E-state index in [0.717, 1.165) is 11.2 Å². The van der Waals surface area contributed by atoms with Crippen LogP contribution in [0.25, 0.3) is 5.65 Å². The third kappa shape index (κ3) is 5.67. The Hall–Kier alpha value is -3.92. The van der Waals surface area contributed by atoms with E-state index < -0.39 is 79.1 Å². The highest BCUT2D eigenvalue weighted by Crippen LogP contribution is 2.41. The van der Waals surface area contributed by atoms with Gasteiger partial charge in [-0.1, -0.05) is 5.16 Å². The Balaban J connectivity index is 1.39. The number of nitrogens with one attached hydrogen (secondary N) is 2. The van der Waals surface area contributed by atoms with E-state index in [9.17, 15) is 40.3 Å². The van der Waals surface area contributed by atoms with E-state index in [1.165, 1.54) is 23.0 Å². The van der Waals surface area contributed by atoms with E-state index >= 15 is 0 Å². The lowest BCUT2D eigenvalue weighted by atomic mass is 9.81. The Kier molecular flexibility index (Phi) is 7.08. The van der Waals surface area contributed by atoms with Crippen LogP contribution in [0.2, 0.25) is 0 Å². The molecular weight excluding hydrogens is 555 g/mol. The Labute approximate surface area is 220 Å². The number of aromatic nitrogens is 4. The molecule has 1 saturated heterocycles. The molecule has 216 valence electrons. The summed E-state index contributed by atoms with van der Waals surface area (Å²) in [6, 6.07) is -2.38. The van der Waals surface area contributed by atoms with Gasteiger partial charge < -0.3 is 20.1 Å². The zero-order valence-corrected chi connectivity index (χ0v) is 20.5. The number of amides is 3. The van der Waals surface area contributed by atoms with Gasteiger partial charge in [0.1, 0.15) is 17.9 Å². The van der Waals surface area contributed by atoms with E-state index in [1.807, 2.05) is 5.32 Å². The normalized spacial score (nSPS) is 20.8. The molecule has 1 saturated carbocycles. The smallest absolute Gasteiger partial charge is 0.363 e. The first kappa shape index (κ1) is 27.6. The molecule has 4 heterocycles. The molecule has 2 N–H and O–H groups in total. The molecule has 3 aromatic rings. The fourth-order valence-corrected chi connectivity index (χ4v) is 4.92. The first-order valence-corrected chi connectivity index (χ1v) is 12.2. The van der Waals surface area contributed by atoms with E-state index in [2.05, 4.69) is 25.1 Å². The van der Waals surface area contributed by atoms with Gasteiger partial charge >= 0.3 is 12.2 Å². The third-order valence-corrected chi connectivity index (χ3v) is 7.04. The van der Waals surface area contributed by atoms with Gasteiger partial charge in [0.25, 0.3) is 12.3 Å². The topological polar surface area (TPSA) is 118 Å². The Morgan fingerprint density at radius 3 is 2.62 bits per heavy atom. The summed E-state index contributed by atoms with van der Waals surface area (Å²) >= 11 is 0. The minimum Gasteiger partial charge on any atom is -0.363 e. The molecule has 0 aromatic carbocycles. The van der Waals surface area contributed by atoms with Crippen molar-refractivity contribution in [2.45, 2.75) is 62.8 Å². The van der Waals surface area contributed by atoms with Crippen LogP contribution in [0, 0.1) is 5.92 Å². The van der Waals surface area contributed by atoms with Crippen molar-refractivity contribution in [3.05, 3.63) is 47.2 Å². The molecule has 0 bridgehead atoms. The van der Waals surface area contributed by atoms with Crippen molar-refractivity contribution in [2.75, 3.05) is 6.54 Å². The number of nitrogens with zero attached hydrogens (tertiary/aromatic N) is 5. The van der Waals surface area contributed by atoms with Gasteiger partial charge in [-0.3, -0.25) is 4.79 Å². The van der Waals surface area contributed by atoms with Crippen LogP contribution in [0.4, 0.5) is 35.5 Å². The lowest BCUT2D eigenvalue weighted by Gasteiger charge is -2.33. The van der Waals surface area contributed by atoms with Gasteiger partial charge in [-0.05, 0) is 30.4 Å². The Bertz CT molecular complexity index is 1400. The van der Waals surface area contributed by atoms with Gasteiger partial charge in [-0.25, -0.2) is 31.9 Å². The minimum atomic E-state index is -4.60. The first-order chi connectivity index (χ1) is 18.8. The van der Waals surface area contributed by atoms with E-state index in [1.54, 1.807) is 0 Å². The van der Waals surface area contributed by atoms with Gasteiger partial charge in [-0.2, -0.15) is 18.3 Å². The molecule has 0 unspecified atom stereocenters. The molecule has 17 heteroatoms. The number of fused-ring (bicyclic) bond motifs is 1. The molecule has 5 rings (SSSR count). The molecule has 40 heavy (non-hydrogen) atoms. The average Bonchev–Trinajstić information content (AvgIpc) is 3.61. The number of alkyl halides is 7. The quantitative estimate of drug-likeness (QED) is 0.402. The number of carbonyl (C=O) groups excluding carboxylic acids is 2. The van der Waals surface area contributed by atoms with Crippen LogP contribution in [0.15, 0.2) is 29.2 Å². The second-order valence-electron chi connectivity index (χ2n) is 9.82. The maximum absolute atomic E-state index is 13.9. The molecule has 0 radical (unpaired) electrons. The zero-order valence-electron chi connectivity index (χ0n) is 20.5. The van der Waals surface area contributed by atoms with Crippen LogP contribution in [-0.2, 0) is 6.54 Å². The van der Waals surface area contributed by atoms with Crippen molar-refractivity contribution >= 4 is 17.6 Å². The summed E-state index contributed by atoms with van der Waals surface area (Å²) in [5.74, 6) is -4.34. The molecule has 1 aliphatic carbocycles. The molecule has 2 atom stereocenters. The predicted octanol–water partition coefficient (Wildman–Crippen LogP) is 4.41. The van der Waals surface area contributed by atoms with Crippen LogP contribution in [0.1, 0.15) is 65.5 Å². The van der Waals surface area contributed by atoms with Crippen molar-refractivity contribution in [2.24, 2.45) is 5.92 Å². The molecule has 0 spiro atoms. The molecule has 1 aliphatic heterocycles. The minimum absolute atomic E-state index is 0.0142. The van der Waals surface area contributed by atoms with Gasteiger partial charge in [-0.15, -0.1) is 0 Å². The third-order valence-electron chi connectivity index (χ3n) is 7.04. The molecule has 3 aromatic heterocycles. The molecule has 2 fully saturated rings. The number of urea groups is 1. The van der Waals surface area contributed by atoms with E-state index in [-0.39, 0.29) is 30.7 Å². The first-order valence-electron chi connectivity index (χ1n) is 12.2. The highest BCUT2D eigenvalue weighted by atomic mass is 19.4. The van der Waals surface area contributed by atoms with Crippen molar-refractivity contribution in [3.63, 3.8) is 0 Å². The number of rotatable bonds is 7. The largest absolute Gasteiger partial charge is 0.410 e. The highest BCUT2D eigenvalue weighted by molar-refractivity contribution is 5.95.